The molecule has 2 atom stereocenters. The molecule has 20 heavy (non-hydrogen) atoms. The number of ether oxygens (including phenoxy) is 2. The van der Waals surface area contributed by atoms with Crippen LogP contribution in [0.5, 0.6) is 5.75 Å². The summed E-state index contributed by atoms with van der Waals surface area (Å²) in [5.74, 6) is 1.16. The Morgan fingerprint density at radius 3 is 2.85 bits per heavy atom. The summed E-state index contributed by atoms with van der Waals surface area (Å²) in [6.45, 7) is 2.66. The van der Waals surface area contributed by atoms with E-state index in [0.717, 1.165) is 25.0 Å². The zero-order valence-corrected chi connectivity index (χ0v) is 12.0. The molecule has 0 bridgehead atoms. The molecule has 4 nitrogen and oxygen atoms in total. The Balaban J connectivity index is 1.69. The highest BCUT2D eigenvalue weighted by Gasteiger charge is 2.45. The predicted molar refractivity (Wildman–Crippen MR) is 75.9 cm³/mol. The largest absolute Gasteiger partial charge is 0.493 e. The molecule has 1 saturated carbocycles. The molecule has 0 spiro atoms. The van der Waals surface area contributed by atoms with E-state index in [1.165, 1.54) is 5.56 Å². The molecule has 1 aliphatic carbocycles. The van der Waals surface area contributed by atoms with E-state index in [-0.39, 0.29) is 17.9 Å². The van der Waals surface area contributed by atoms with Crippen LogP contribution in [0.15, 0.2) is 24.3 Å². The summed E-state index contributed by atoms with van der Waals surface area (Å²) in [5, 5.41) is 3.11. The maximum absolute atomic E-state index is 12.4. The Labute approximate surface area is 119 Å². The fraction of sp³-hybridized carbons (Fsp3) is 0.562. The van der Waals surface area contributed by atoms with Crippen molar-refractivity contribution >= 4 is 5.91 Å². The van der Waals surface area contributed by atoms with Gasteiger partial charge in [-0.25, -0.2) is 0 Å². The van der Waals surface area contributed by atoms with E-state index in [1.807, 2.05) is 25.1 Å². The standard InChI is InChI=1S/C16H21NO3/c1-11(17-15(18)16(19-2)8-5-9-16)13-10-20-14-7-4-3-6-12(13)14/h3-4,6-7,11,13H,5,8-10H2,1-2H3,(H,17,18)/t11-,13+/m1/s1. The van der Waals surface area contributed by atoms with Gasteiger partial charge in [-0.3, -0.25) is 4.79 Å². The van der Waals surface area contributed by atoms with Crippen LogP contribution in [0.2, 0.25) is 0 Å². The van der Waals surface area contributed by atoms with Gasteiger partial charge in [-0.05, 0) is 32.3 Å². The lowest BCUT2D eigenvalue weighted by atomic mass is 9.79. The smallest absolute Gasteiger partial charge is 0.252 e. The lowest BCUT2D eigenvalue weighted by Gasteiger charge is -2.39. The van der Waals surface area contributed by atoms with Crippen LogP contribution < -0.4 is 10.1 Å². The molecule has 1 aliphatic heterocycles. The van der Waals surface area contributed by atoms with Crippen LogP contribution in [-0.4, -0.2) is 31.3 Å². The van der Waals surface area contributed by atoms with Crippen LogP contribution in [-0.2, 0) is 9.53 Å². The lowest BCUT2D eigenvalue weighted by molar-refractivity contribution is -0.155. The first-order valence-corrected chi connectivity index (χ1v) is 7.24. The highest BCUT2D eigenvalue weighted by atomic mass is 16.5. The molecule has 2 aliphatic rings. The molecule has 108 valence electrons. The number of hydrogen-bond donors (Lipinski definition) is 1. The first-order chi connectivity index (χ1) is 9.66. The molecule has 0 saturated heterocycles. The molecule has 1 heterocycles. The summed E-state index contributed by atoms with van der Waals surface area (Å²) in [6, 6.07) is 8.08. The molecule has 1 amide bonds. The van der Waals surface area contributed by atoms with Crippen LogP contribution in [0.4, 0.5) is 0 Å². The lowest BCUT2D eigenvalue weighted by Crippen LogP contribution is -2.55. The molecule has 1 fully saturated rings. The second-order valence-electron chi connectivity index (χ2n) is 5.77. The number of rotatable bonds is 4. The number of benzene rings is 1. The Morgan fingerprint density at radius 1 is 1.45 bits per heavy atom. The number of amides is 1. The van der Waals surface area contributed by atoms with Crippen molar-refractivity contribution < 1.29 is 14.3 Å². The molecule has 1 aromatic carbocycles. The molecule has 0 radical (unpaired) electrons. The number of methoxy groups -OCH3 is 1. The quantitative estimate of drug-likeness (QED) is 0.916. The van der Waals surface area contributed by atoms with E-state index in [2.05, 4.69) is 11.4 Å². The fourth-order valence-corrected chi connectivity index (χ4v) is 3.06. The predicted octanol–water partition coefficient (Wildman–Crippen LogP) is 2.24. The third-order valence-corrected chi connectivity index (χ3v) is 4.66. The normalized spacial score (nSPS) is 24.2. The van der Waals surface area contributed by atoms with Crippen LogP contribution in [0.1, 0.15) is 37.7 Å². The SMILES string of the molecule is COC1(C(=O)N[C@H](C)[C@@H]2COc3ccccc32)CCC1. The summed E-state index contributed by atoms with van der Waals surface area (Å²) in [5.41, 5.74) is 0.591. The van der Waals surface area contributed by atoms with Crippen molar-refractivity contribution in [2.24, 2.45) is 0 Å². The van der Waals surface area contributed by atoms with Crippen molar-refractivity contribution in [2.45, 2.75) is 43.7 Å². The number of carbonyl (C=O) groups excluding carboxylic acids is 1. The topological polar surface area (TPSA) is 47.6 Å². The molecular formula is C16H21NO3. The Hall–Kier alpha value is -1.55. The Bertz CT molecular complexity index is 505. The number of hydrogen-bond acceptors (Lipinski definition) is 3. The van der Waals surface area contributed by atoms with E-state index in [1.54, 1.807) is 7.11 Å². The van der Waals surface area contributed by atoms with Crippen molar-refractivity contribution in [3.63, 3.8) is 0 Å². The second kappa shape index (κ2) is 5.09. The number of carbonyl (C=O) groups is 1. The summed E-state index contributed by atoms with van der Waals surface area (Å²) in [6.07, 6.45) is 2.70. The minimum Gasteiger partial charge on any atom is -0.493 e. The molecule has 4 heteroatoms. The summed E-state index contributed by atoms with van der Waals surface area (Å²) in [4.78, 5) is 12.4. The molecule has 1 N–H and O–H groups in total. The zero-order chi connectivity index (χ0) is 14.2. The van der Waals surface area contributed by atoms with Crippen molar-refractivity contribution in [3.05, 3.63) is 29.8 Å². The highest BCUT2D eigenvalue weighted by molar-refractivity contribution is 5.86. The van der Waals surface area contributed by atoms with E-state index >= 15 is 0 Å². The number of fused-ring (bicyclic) bond motifs is 1. The van der Waals surface area contributed by atoms with Gasteiger partial charge in [0.1, 0.15) is 11.4 Å². The van der Waals surface area contributed by atoms with Gasteiger partial charge in [-0.2, -0.15) is 0 Å². The maximum atomic E-state index is 12.4. The van der Waals surface area contributed by atoms with Gasteiger partial charge in [0.2, 0.25) is 0 Å². The van der Waals surface area contributed by atoms with Gasteiger partial charge >= 0.3 is 0 Å². The maximum Gasteiger partial charge on any atom is 0.252 e. The Kier molecular flexibility index (Phi) is 3.42. The van der Waals surface area contributed by atoms with E-state index < -0.39 is 5.60 Å². The van der Waals surface area contributed by atoms with Gasteiger partial charge in [0.05, 0.1) is 6.61 Å². The monoisotopic (exact) mass is 275 g/mol. The van der Waals surface area contributed by atoms with E-state index in [0.29, 0.717) is 6.61 Å². The first-order valence-electron chi connectivity index (χ1n) is 7.24. The third-order valence-electron chi connectivity index (χ3n) is 4.66. The van der Waals surface area contributed by atoms with Crippen LogP contribution in [0.3, 0.4) is 0 Å². The van der Waals surface area contributed by atoms with Crippen molar-refractivity contribution in [1.82, 2.24) is 5.32 Å². The summed E-state index contributed by atoms with van der Waals surface area (Å²) < 4.78 is 11.1. The first kappa shape index (κ1) is 13.4. The van der Waals surface area contributed by atoms with Crippen molar-refractivity contribution in [3.8, 4) is 5.75 Å². The minimum atomic E-state index is -0.590. The van der Waals surface area contributed by atoms with Crippen LogP contribution in [0, 0.1) is 0 Å². The molecule has 0 unspecified atom stereocenters. The second-order valence-corrected chi connectivity index (χ2v) is 5.77. The van der Waals surface area contributed by atoms with Crippen LogP contribution in [0.25, 0.3) is 0 Å². The van der Waals surface area contributed by atoms with Gasteiger partial charge in [-0.1, -0.05) is 18.2 Å². The molecule has 1 aromatic rings. The van der Waals surface area contributed by atoms with E-state index in [4.69, 9.17) is 9.47 Å². The average molecular weight is 275 g/mol. The van der Waals surface area contributed by atoms with Crippen molar-refractivity contribution in [1.29, 1.82) is 0 Å². The molecule has 0 aromatic heterocycles. The van der Waals surface area contributed by atoms with Gasteiger partial charge < -0.3 is 14.8 Å². The van der Waals surface area contributed by atoms with Gasteiger partial charge in [0, 0.05) is 24.6 Å². The summed E-state index contributed by atoms with van der Waals surface area (Å²) >= 11 is 0. The third kappa shape index (κ3) is 2.08. The molecular weight excluding hydrogens is 254 g/mol. The number of para-hydroxylation sites is 1. The van der Waals surface area contributed by atoms with Gasteiger partial charge in [0.15, 0.2) is 0 Å². The van der Waals surface area contributed by atoms with Gasteiger partial charge in [0.25, 0.3) is 5.91 Å². The molecule has 3 rings (SSSR count). The van der Waals surface area contributed by atoms with Gasteiger partial charge in [-0.15, -0.1) is 0 Å². The highest BCUT2D eigenvalue weighted by Crippen LogP contribution is 2.38. The summed E-state index contributed by atoms with van der Waals surface area (Å²) in [7, 11) is 1.62. The van der Waals surface area contributed by atoms with Crippen molar-refractivity contribution in [2.75, 3.05) is 13.7 Å². The number of nitrogens with one attached hydrogen (secondary N) is 1. The minimum absolute atomic E-state index is 0.0168. The Morgan fingerprint density at radius 2 is 2.20 bits per heavy atom. The zero-order valence-electron chi connectivity index (χ0n) is 12.0. The fourth-order valence-electron chi connectivity index (χ4n) is 3.06. The average Bonchev–Trinajstić information content (AvgIpc) is 2.81. The van der Waals surface area contributed by atoms with Crippen LogP contribution >= 0.6 is 0 Å². The van der Waals surface area contributed by atoms with E-state index in [9.17, 15) is 4.79 Å².